The summed E-state index contributed by atoms with van der Waals surface area (Å²) in [6.07, 6.45) is 26.5. The molecular formula is C43H78O12S. The van der Waals surface area contributed by atoms with Crippen LogP contribution in [0.4, 0.5) is 0 Å². The molecule has 0 aromatic carbocycles. The molecule has 0 radical (unpaired) electrons. The van der Waals surface area contributed by atoms with E-state index in [2.05, 4.69) is 38.2 Å². The van der Waals surface area contributed by atoms with E-state index in [9.17, 15) is 37.9 Å². The minimum atomic E-state index is -4.60. The van der Waals surface area contributed by atoms with Crippen molar-refractivity contribution >= 4 is 22.1 Å². The molecule has 4 N–H and O–H groups in total. The predicted molar refractivity (Wildman–Crippen MR) is 220 cm³/mol. The molecule has 328 valence electrons. The standard InChI is InChI=1S/C43H78O12S/c1-3-5-7-9-11-13-15-17-19-21-23-25-27-29-31-38(44)52-33-36(34-53-43-42(48)41(47)40(46)37(55-43)35-56(49,50)51)54-39(45)32-30-28-26-24-22-20-18-16-14-12-10-8-6-4-2/h10,12,16,18,36-37,40-43,46-48H,3-9,11,13-15,17,19-35H2,1-2H3,(H,49,50,51)/b12-10+,18-16+/t36-,37-,40-,41?,42?,43+/m1/s1. The summed E-state index contributed by atoms with van der Waals surface area (Å²) in [5, 5.41) is 30.8. The first-order valence-electron chi connectivity index (χ1n) is 21.9. The Hall–Kier alpha value is -1.87. The Morgan fingerprint density at radius 2 is 1.09 bits per heavy atom. The number of ether oxygens (including phenoxy) is 4. The lowest BCUT2D eigenvalue weighted by molar-refractivity contribution is -0.297. The monoisotopic (exact) mass is 819 g/mol. The fourth-order valence-corrected chi connectivity index (χ4v) is 7.27. The van der Waals surface area contributed by atoms with Crippen molar-refractivity contribution in [1.29, 1.82) is 0 Å². The fraction of sp³-hybridized carbons (Fsp3) is 0.860. The quantitative estimate of drug-likeness (QED) is 0.0205. The predicted octanol–water partition coefficient (Wildman–Crippen LogP) is 8.45. The Labute approximate surface area is 338 Å². The molecule has 0 saturated carbocycles. The maximum absolute atomic E-state index is 12.8. The Morgan fingerprint density at radius 3 is 1.62 bits per heavy atom. The van der Waals surface area contributed by atoms with Gasteiger partial charge in [-0.3, -0.25) is 14.1 Å². The lowest BCUT2D eigenvalue weighted by Crippen LogP contribution is -2.60. The zero-order valence-electron chi connectivity index (χ0n) is 34.7. The summed E-state index contributed by atoms with van der Waals surface area (Å²) >= 11 is 0. The molecular weight excluding hydrogens is 741 g/mol. The molecule has 56 heavy (non-hydrogen) atoms. The minimum Gasteiger partial charge on any atom is -0.462 e. The first kappa shape index (κ1) is 52.1. The molecule has 1 heterocycles. The highest BCUT2D eigenvalue weighted by molar-refractivity contribution is 7.85. The van der Waals surface area contributed by atoms with Crippen LogP contribution in [0.3, 0.4) is 0 Å². The number of hydrogen-bond donors (Lipinski definition) is 4. The van der Waals surface area contributed by atoms with Gasteiger partial charge in [0.1, 0.15) is 36.8 Å². The molecule has 1 rings (SSSR count). The summed E-state index contributed by atoms with van der Waals surface area (Å²) < 4.78 is 54.0. The molecule has 2 unspecified atom stereocenters. The average molecular weight is 819 g/mol. The van der Waals surface area contributed by atoms with E-state index in [0.29, 0.717) is 12.8 Å². The highest BCUT2D eigenvalue weighted by atomic mass is 32.2. The van der Waals surface area contributed by atoms with Crippen molar-refractivity contribution in [3.05, 3.63) is 24.3 Å². The van der Waals surface area contributed by atoms with E-state index in [1.54, 1.807) is 0 Å². The van der Waals surface area contributed by atoms with Gasteiger partial charge in [-0.05, 0) is 38.5 Å². The Kier molecular flexibility index (Phi) is 31.7. The van der Waals surface area contributed by atoms with Crippen LogP contribution in [0.15, 0.2) is 24.3 Å². The van der Waals surface area contributed by atoms with E-state index < -0.39 is 71.2 Å². The number of allylic oxidation sites excluding steroid dienone is 4. The second kappa shape index (κ2) is 34.0. The second-order valence-electron chi connectivity index (χ2n) is 15.4. The SMILES string of the molecule is CCCC/C=C/C/C=C/CCCCCCCC(=O)O[C@H](COC(=O)CCCCCCCCCCCCCCCC)CO[C@H]1O[C@H](CS(=O)(=O)O)[C@@H](O)C(O)C1O. The number of carbonyl (C=O) groups excluding carboxylic acids is 2. The summed E-state index contributed by atoms with van der Waals surface area (Å²) in [6.45, 7) is 3.70. The molecule has 0 aliphatic carbocycles. The van der Waals surface area contributed by atoms with Crippen molar-refractivity contribution in [2.45, 2.75) is 218 Å². The Bertz CT molecular complexity index is 1140. The molecule has 6 atom stereocenters. The van der Waals surface area contributed by atoms with Crippen LogP contribution in [0.2, 0.25) is 0 Å². The molecule has 1 aliphatic heterocycles. The number of hydrogen-bond acceptors (Lipinski definition) is 11. The summed E-state index contributed by atoms with van der Waals surface area (Å²) in [6, 6.07) is 0. The molecule has 13 heteroatoms. The minimum absolute atomic E-state index is 0.150. The van der Waals surface area contributed by atoms with Crippen LogP contribution in [-0.2, 0) is 38.7 Å². The molecule has 0 amide bonds. The Balaban J connectivity index is 2.47. The van der Waals surface area contributed by atoms with Crippen LogP contribution in [-0.4, -0.2) is 96.0 Å². The third-order valence-corrected chi connectivity index (χ3v) is 10.8. The number of esters is 2. The fourth-order valence-electron chi connectivity index (χ4n) is 6.58. The van der Waals surface area contributed by atoms with E-state index in [4.69, 9.17) is 18.9 Å². The second-order valence-corrected chi connectivity index (χ2v) is 16.9. The van der Waals surface area contributed by atoms with Crippen LogP contribution in [0.25, 0.3) is 0 Å². The molecule has 1 aliphatic rings. The number of aliphatic hydroxyl groups excluding tert-OH is 3. The topological polar surface area (TPSA) is 186 Å². The van der Waals surface area contributed by atoms with E-state index >= 15 is 0 Å². The number of unbranched alkanes of at least 4 members (excludes halogenated alkanes) is 20. The maximum atomic E-state index is 12.8. The van der Waals surface area contributed by atoms with E-state index in [1.807, 2.05) is 0 Å². The normalized spacial score (nSPS) is 20.9. The average Bonchev–Trinajstić information content (AvgIpc) is 3.16. The number of rotatable bonds is 36. The van der Waals surface area contributed by atoms with Crippen LogP contribution in [0.1, 0.15) is 181 Å². The van der Waals surface area contributed by atoms with Crippen molar-refractivity contribution in [2.24, 2.45) is 0 Å². The van der Waals surface area contributed by atoms with Crippen molar-refractivity contribution in [2.75, 3.05) is 19.0 Å². The van der Waals surface area contributed by atoms with Gasteiger partial charge in [0, 0.05) is 12.8 Å². The number of aliphatic hydroxyl groups is 3. The van der Waals surface area contributed by atoms with Gasteiger partial charge in [-0.25, -0.2) is 0 Å². The van der Waals surface area contributed by atoms with Crippen LogP contribution in [0, 0.1) is 0 Å². The molecule has 0 spiro atoms. The third-order valence-electron chi connectivity index (χ3n) is 10.0. The lowest BCUT2D eigenvalue weighted by atomic mass is 10.00. The van der Waals surface area contributed by atoms with Crippen molar-refractivity contribution in [1.82, 2.24) is 0 Å². The van der Waals surface area contributed by atoms with Gasteiger partial charge in [0.05, 0.1) is 6.61 Å². The first-order chi connectivity index (χ1) is 27.0. The van der Waals surface area contributed by atoms with Crippen LogP contribution in [0.5, 0.6) is 0 Å². The lowest BCUT2D eigenvalue weighted by Gasteiger charge is -2.40. The summed E-state index contributed by atoms with van der Waals surface area (Å²) in [5.74, 6) is -1.99. The van der Waals surface area contributed by atoms with Gasteiger partial charge in [0.25, 0.3) is 10.1 Å². The third kappa shape index (κ3) is 28.5. The van der Waals surface area contributed by atoms with Gasteiger partial charge >= 0.3 is 11.9 Å². The van der Waals surface area contributed by atoms with Gasteiger partial charge in [0.15, 0.2) is 12.4 Å². The highest BCUT2D eigenvalue weighted by Crippen LogP contribution is 2.24. The molecule has 0 aromatic rings. The molecule has 0 bridgehead atoms. The van der Waals surface area contributed by atoms with Gasteiger partial charge in [0.2, 0.25) is 0 Å². The van der Waals surface area contributed by atoms with Crippen LogP contribution < -0.4 is 0 Å². The molecule has 1 saturated heterocycles. The molecule has 0 aromatic heterocycles. The largest absolute Gasteiger partial charge is 0.462 e. The molecule has 1 fully saturated rings. The number of carbonyl (C=O) groups is 2. The van der Waals surface area contributed by atoms with E-state index in [1.165, 1.54) is 77.0 Å². The molecule has 12 nitrogen and oxygen atoms in total. The van der Waals surface area contributed by atoms with Gasteiger partial charge in [-0.15, -0.1) is 0 Å². The van der Waals surface area contributed by atoms with E-state index in [-0.39, 0.29) is 19.4 Å². The van der Waals surface area contributed by atoms with Gasteiger partial charge < -0.3 is 34.3 Å². The smallest absolute Gasteiger partial charge is 0.306 e. The zero-order valence-corrected chi connectivity index (χ0v) is 35.6. The van der Waals surface area contributed by atoms with Crippen molar-refractivity contribution < 1.29 is 56.8 Å². The zero-order chi connectivity index (χ0) is 41.3. The first-order valence-corrected chi connectivity index (χ1v) is 23.5. The van der Waals surface area contributed by atoms with Gasteiger partial charge in [-0.1, -0.05) is 154 Å². The summed E-state index contributed by atoms with van der Waals surface area (Å²) in [4.78, 5) is 25.3. The Morgan fingerprint density at radius 1 is 0.607 bits per heavy atom. The highest BCUT2D eigenvalue weighted by Gasteiger charge is 2.46. The van der Waals surface area contributed by atoms with Crippen LogP contribution >= 0.6 is 0 Å². The van der Waals surface area contributed by atoms with Gasteiger partial charge in [-0.2, -0.15) is 8.42 Å². The van der Waals surface area contributed by atoms with Crippen molar-refractivity contribution in [3.8, 4) is 0 Å². The van der Waals surface area contributed by atoms with Crippen molar-refractivity contribution in [3.63, 3.8) is 0 Å². The maximum Gasteiger partial charge on any atom is 0.306 e. The summed E-state index contributed by atoms with van der Waals surface area (Å²) in [7, 11) is -4.60. The van der Waals surface area contributed by atoms with E-state index in [0.717, 1.165) is 64.2 Å². The summed E-state index contributed by atoms with van der Waals surface area (Å²) in [5.41, 5.74) is 0.